The first kappa shape index (κ1) is 12.5. The summed E-state index contributed by atoms with van der Waals surface area (Å²) in [4.78, 5) is 13.2. The standard InChI is InChI=1S/C16H21NO2/c18-15(19)13-3-5-14(6-4-13)17-11-9-16(10-12-17)7-1-2-8-16/h3-6H,1-2,7-12H2,(H,18,19). The monoisotopic (exact) mass is 259 g/mol. The lowest BCUT2D eigenvalue weighted by Crippen LogP contribution is -2.38. The molecule has 3 heteroatoms. The van der Waals surface area contributed by atoms with Gasteiger partial charge in [-0.25, -0.2) is 4.79 Å². The molecule has 1 aliphatic heterocycles. The van der Waals surface area contributed by atoms with Crippen LogP contribution in [-0.2, 0) is 0 Å². The Morgan fingerprint density at radius 3 is 2.11 bits per heavy atom. The molecule has 0 aromatic heterocycles. The van der Waals surface area contributed by atoms with Crippen molar-refractivity contribution < 1.29 is 9.90 Å². The zero-order valence-electron chi connectivity index (χ0n) is 11.3. The highest BCUT2D eigenvalue weighted by Crippen LogP contribution is 2.46. The molecule has 0 bridgehead atoms. The van der Waals surface area contributed by atoms with Crippen LogP contribution in [0.1, 0.15) is 48.9 Å². The first-order valence-electron chi connectivity index (χ1n) is 7.27. The van der Waals surface area contributed by atoms with Crippen LogP contribution in [0.2, 0.25) is 0 Å². The van der Waals surface area contributed by atoms with Gasteiger partial charge in [0.15, 0.2) is 0 Å². The lowest BCUT2D eigenvalue weighted by atomic mass is 9.77. The average Bonchev–Trinajstić information content (AvgIpc) is 2.88. The molecule has 3 nitrogen and oxygen atoms in total. The highest BCUT2D eigenvalue weighted by atomic mass is 16.4. The van der Waals surface area contributed by atoms with Crippen LogP contribution < -0.4 is 4.90 Å². The molecule has 0 amide bonds. The van der Waals surface area contributed by atoms with Crippen molar-refractivity contribution in [3.63, 3.8) is 0 Å². The number of rotatable bonds is 2. The third-order valence-corrected chi connectivity index (χ3v) is 4.97. The van der Waals surface area contributed by atoms with E-state index in [1.54, 1.807) is 12.1 Å². The van der Waals surface area contributed by atoms with Crippen molar-refractivity contribution in [2.75, 3.05) is 18.0 Å². The number of nitrogens with zero attached hydrogens (tertiary/aromatic N) is 1. The van der Waals surface area contributed by atoms with E-state index in [2.05, 4.69) is 4.90 Å². The average molecular weight is 259 g/mol. The summed E-state index contributed by atoms with van der Waals surface area (Å²) in [6.07, 6.45) is 8.25. The van der Waals surface area contributed by atoms with Crippen LogP contribution in [0.5, 0.6) is 0 Å². The number of hydrogen-bond acceptors (Lipinski definition) is 2. The number of piperidine rings is 1. The topological polar surface area (TPSA) is 40.5 Å². The van der Waals surface area contributed by atoms with Gasteiger partial charge in [0.05, 0.1) is 5.56 Å². The summed E-state index contributed by atoms with van der Waals surface area (Å²) >= 11 is 0. The summed E-state index contributed by atoms with van der Waals surface area (Å²) in [5.74, 6) is -0.852. The van der Waals surface area contributed by atoms with Crippen molar-refractivity contribution >= 4 is 11.7 Å². The number of carboxylic acid groups (broad SMARTS) is 1. The van der Waals surface area contributed by atoms with E-state index >= 15 is 0 Å². The highest BCUT2D eigenvalue weighted by molar-refractivity contribution is 5.88. The summed E-state index contributed by atoms with van der Waals surface area (Å²) in [6.45, 7) is 2.23. The minimum Gasteiger partial charge on any atom is -0.478 e. The molecule has 1 spiro atoms. The van der Waals surface area contributed by atoms with Gasteiger partial charge in [0.1, 0.15) is 0 Å². The van der Waals surface area contributed by atoms with Gasteiger partial charge in [-0.05, 0) is 55.4 Å². The largest absolute Gasteiger partial charge is 0.478 e. The molecule has 19 heavy (non-hydrogen) atoms. The molecule has 1 heterocycles. The molecular formula is C16H21NO2. The second kappa shape index (κ2) is 4.87. The van der Waals surface area contributed by atoms with Crippen LogP contribution in [0.3, 0.4) is 0 Å². The first-order chi connectivity index (χ1) is 9.19. The summed E-state index contributed by atoms with van der Waals surface area (Å²) < 4.78 is 0. The quantitative estimate of drug-likeness (QED) is 0.883. The van der Waals surface area contributed by atoms with E-state index < -0.39 is 5.97 Å². The number of benzene rings is 1. The van der Waals surface area contributed by atoms with Crippen molar-refractivity contribution in [3.8, 4) is 0 Å². The van der Waals surface area contributed by atoms with Crippen LogP contribution in [0.15, 0.2) is 24.3 Å². The molecule has 102 valence electrons. The summed E-state index contributed by atoms with van der Waals surface area (Å²) in [7, 11) is 0. The number of hydrogen-bond donors (Lipinski definition) is 1. The van der Waals surface area contributed by atoms with E-state index in [0.717, 1.165) is 18.8 Å². The Bertz CT molecular complexity index is 450. The van der Waals surface area contributed by atoms with Gasteiger partial charge in [0.2, 0.25) is 0 Å². The van der Waals surface area contributed by atoms with Crippen molar-refractivity contribution in [2.24, 2.45) is 5.41 Å². The smallest absolute Gasteiger partial charge is 0.335 e. The van der Waals surface area contributed by atoms with E-state index in [9.17, 15) is 4.79 Å². The molecule has 1 aromatic carbocycles. The highest BCUT2D eigenvalue weighted by Gasteiger charge is 2.36. The fourth-order valence-electron chi connectivity index (χ4n) is 3.68. The molecule has 1 aliphatic carbocycles. The molecular weight excluding hydrogens is 238 g/mol. The molecule has 0 radical (unpaired) electrons. The number of carbonyl (C=O) groups is 1. The molecule has 1 N–H and O–H groups in total. The van der Waals surface area contributed by atoms with Crippen molar-refractivity contribution in [2.45, 2.75) is 38.5 Å². The van der Waals surface area contributed by atoms with Crippen LogP contribution in [-0.4, -0.2) is 24.2 Å². The molecule has 1 saturated carbocycles. The molecule has 3 rings (SSSR count). The van der Waals surface area contributed by atoms with Gasteiger partial charge in [-0.1, -0.05) is 12.8 Å². The molecule has 1 saturated heterocycles. The van der Waals surface area contributed by atoms with Gasteiger partial charge in [-0.3, -0.25) is 0 Å². The first-order valence-corrected chi connectivity index (χ1v) is 7.27. The van der Waals surface area contributed by atoms with Crippen molar-refractivity contribution in [3.05, 3.63) is 29.8 Å². The third-order valence-electron chi connectivity index (χ3n) is 4.97. The Hall–Kier alpha value is -1.51. The molecule has 0 unspecified atom stereocenters. The van der Waals surface area contributed by atoms with Gasteiger partial charge in [-0.15, -0.1) is 0 Å². The SMILES string of the molecule is O=C(O)c1ccc(N2CCC3(CCCC3)CC2)cc1. The summed E-state index contributed by atoms with van der Waals surface area (Å²) in [6, 6.07) is 7.29. The van der Waals surface area contributed by atoms with E-state index in [1.165, 1.54) is 38.5 Å². The van der Waals surface area contributed by atoms with Crippen LogP contribution in [0.4, 0.5) is 5.69 Å². The zero-order chi connectivity index (χ0) is 13.3. The van der Waals surface area contributed by atoms with Gasteiger partial charge < -0.3 is 10.0 Å². The van der Waals surface area contributed by atoms with Gasteiger partial charge in [0.25, 0.3) is 0 Å². The Morgan fingerprint density at radius 2 is 1.58 bits per heavy atom. The zero-order valence-corrected chi connectivity index (χ0v) is 11.3. The van der Waals surface area contributed by atoms with Gasteiger partial charge in [0, 0.05) is 18.8 Å². The van der Waals surface area contributed by atoms with E-state index in [-0.39, 0.29) is 0 Å². The van der Waals surface area contributed by atoms with Gasteiger partial charge >= 0.3 is 5.97 Å². The lowest BCUT2D eigenvalue weighted by molar-refractivity contribution is 0.0697. The molecule has 1 aromatic rings. The van der Waals surface area contributed by atoms with Crippen LogP contribution in [0.25, 0.3) is 0 Å². The fourth-order valence-corrected chi connectivity index (χ4v) is 3.68. The lowest BCUT2D eigenvalue weighted by Gasteiger charge is -2.40. The summed E-state index contributed by atoms with van der Waals surface area (Å²) in [5, 5.41) is 8.91. The van der Waals surface area contributed by atoms with Crippen molar-refractivity contribution in [1.29, 1.82) is 0 Å². The Balaban J connectivity index is 1.66. The minimum atomic E-state index is -0.852. The van der Waals surface area contributed by atoms with E-state index in [1.807, 2.05) is 12.1 Å². The van der Waals surface area contributed by atoms with Crippen LogP contribution >= 0.6 is 0 Å². The second-order valence-corrected chi connectivity index (χ2v) is 6.05. The Kier molecular flexibility index (Phi) is 3.21. The molecule has 2 aliphatic rings. The maximum Gasteiger partial charge on any atom is 0.335 e. The van der Waals surface area contributed by atoms with E-state index in [4.69, 9.17) is 5.11 Å². The normalized spacial score (nSPS) is 21.8. The Morgan fingerprint density at radius 1 is 1.00 bits per heavy atom. The predicted molar refractivity (Wildman–Crippen MR) is 75.7 cm³/mol. The third kappa shape index (κ3) is 2.46. The minimum absolute atomic E-state index is 0.369. The predicted octanol–water partition coefficient (Wildman–Crippen LogP) is 3.55. The molecule has 2 fully saturated rings. The van der Waals surface area contributed by atoms with E-state index in [0.29, 0.717) is 11.0 Å². The second-order valence-electron chi connectivity index (χ2n) is 6.05. The van der Waals surface area contributed by atoms with Crippen LogP contribution in [0, 0.1) is 5.41 Å². The number of anilines is 1. The Labute approximate surface area is 114 Å². The maximum absolute atomic E-state index is 10.8. The number of carboxylic acids is 1. The molecule has 0 atom stereocenters. The summed E-state index contributed by atoms with van der Waals surface area (Å²) in [5.41, 5.74) is 2.17. The number of aromatic carboxylic acids is 1. The maximum atomic E-state index is 10.8. The van der Waals surface area contributed by atoms with Gasteiger partial charge in [-0.2, -0.15) is 0 Å². The van der Waals surface area contributed by atoms with Crippen molar-refractivity contribution in [1.82, 2.24) is 0 Å². The fraction of sp³-hybridized carbons (Fsp3) is 0.562.